The number of carbonyl (C=O) groups excluding carboxylic acids is 1. The molecule has 1 N–H and O–H groups in total. The van der Waals surface area contributed by atoms with E-state index in [4.69, 9.17) is 0 Å². The molecule has 6 nitrogen and oxygen atoms in total. The van der Waals surface area contributed by atoms with Crippen LogP contribution in [0.1, 0.15) is 35.6 Å². The Labute approximate surface area is 152 Å². The number of aryl methyl sites for hydroxylation is 2. The molecule has 1 atom stereocenters. The molecule has 0 saturated heterocycles. The highest BCUT2D eigenvalue weighted by Gasteiger charge is 2.21. The van der Waals surface area contributed by atoms with E-state index in [0.29, 0.717) is 5.82 Å². The molecular weight excluding hydrogens is 326 g/mol. The lowest BCUT2D eigenvalue weighted by atomic mass is 9.88. The van der Waals surface area contributed by atoms with E-state index in [2.05, 4.69) is 38.9 Å². The summed E-state index contributed by atoms with van der Waals surface area (Å²) in [4.78, 5) is 13.8. The number of nitrogens with one attached hydrogen (secondary N) is 1. The lowest BCUT2D eigenvalue weighted by Gasteiger charge is -2.26. The number of benzene rings is 2. The second-order valence-electron chi connectivity index (χ2n) is 6.67. The van der Waals surface area contributed by atoms with E-state index < -0.39 is 0 Å². The maximum absolute atomic E-state index is 12.5. The Morgan fingerprint density at radius 1 is 1.19 bits per heavy atom. The van der Waals surface area contributed by atoms with Gasteiger partial charge in [0.25, 0.3) is 0 Å². The molecular formula is C20H21N5O. The number of hydrogen-bond donors (Lipinski definition) is 1. The number of aromatic nitrogens is 4. The zero-order valence-corrected chi connectivity index (χ0v) is 14.7. The molecule has 1 aliphatic rings. The van der Waals surface area contributed by atoms with E-state index in [-0.39, 0.29) is 18.5 Å². The first kappa shape index (κ1) is 16.4. The predicted octanol–water partition coefficient (Wildman–Crippen LogP) is 2.84. The summed E-state index contributed by atoms with van der Waals surface area (Å²) < 4.78 is 0. The lowest BCUT2D eigenvalue weighted by molar-refractivity contribution is -0.122. The van der Waals surface area contributed by atoms with Crippen molar-refractivity contribution in [3.8, 4) is 11.4 Å². The average Bonchev–Trinajstić information content (AvgIpc) is 3.10. The first-order valence-electron chi connectivity index (χ1n) is 8.91. The lowest BCUT2D eigenvalue weighted by Crippen LogP contribution is -2.34. The number of tetrazole rings is 1. The van der Waals surface area contributed by atoms with Crippen LogP contribution < -0.4 is 5.32 Å². The minimum absolute atomic E-state index is 0.0619. The fourth-order valence-electron chi connectivity index (χ4n) is 3.51. The third-order valence-corrected chi connectivity index (χ3v) is 4.83. The standard InChI is InChI=1S/C20H21N5O/c1-14-7-2-4-10-16(14)20-22-24-25(23-20)13-19(26)21-18-12-6-9-15-8-3-5-11-17(15)18/h2-5,7-8,10-11,18H,6,9,12-13H2,1H3,(H,21,26)/t18-/m1/s1. The van der Waals surface area contributed by atoms with Crippen LogP contribution in [0.4, 0.5) is 0 Å². The van der Waals surface area contributed by atoms with Crippen LogP contribution >= 0.6 is 0 Å². The highest BCUT2D eigenvalue weighted by Crippen LogP contribution is 2.29. The van der Waals surface area contributed by atoms with E-state index in [1.54, 1.807) is 0 Å². The third-order valence-electron chi connectivity index (χ3n) is 4.83. The van der Waals surface area contributed by atoms with Crippen molar-refractivity contribution in [3.63, 3.8) is 0 Å². The number of hydrogen-bond acceptors (Lipinski definition) is 4. The molecule has 2 aromatic carbocycles. The van der Waals surface area contributed by atoms with Crippen molar-refractivity contribution in [2.24, 2.45) is 0 Å². The van der Waals surface area contributed by atoms with E-state index >= 15 is 0 Å². The van der Waals surface area contributed by atoms with Gasteiger partial charge in [-0.25, -0.2) is 0 Å². The smallest absolute Gasteiger partial charge is 0.244 e. The molecule has 132 valence electrons. The molecule has 0 unspecified atom stereocenters. The van der Waals surface area contributed by atoms with E-state index in [9.17, 15) is 4.79 Å². The molecule has 0 fully saturated rings. The van der Waals surface area contributed by atoms with Gasteiger partial charge in [-0.1, -0.05) is 48.5 Å². The molecule has 3 aromatic rings. The van der Waals surface area contributed by atoms with Crippen LogP contribution in [0.15, 0.2) is 48.5 Å². The molecule has 26 heavy (non-hydrogen) atoms. The van der Waals surface area contributed by atoms with Crippen molar-refractivity contribution < 1.29 is 4.79 Å². The van der Waals surface area contributed by atoms with Crippen molar-refractivity contribution >= 4 is 5.91 Å². The van der Waals surface area contributed by atoms with Crippen LogP contribution in [0.2, 0.25) is 0 Å². The van der Waals surface area contributed by atoms with Crippen molar-refractivity contribution in [2.75, 3.05) is 0 Å². The first-order chi connectivity index (χ1) is 12.7. The monoisotopic (exact) mass is 347 g/mol. The Balaban J connectivity index is 1.44. The van der Waals surface area contributed by atoms with Gasteiger partial charge in [-0.2, -0.15) is 4.80 Å². The molecule has 1 aromatic heterocycles. The zero-order valence-electron chi connectivity index (χ0n) is 14.7. The van der Waals surface area contributed by atoms with Gasteiger partial charge in [-0.15, -0.1) is 10.2 Å². The number of fused-ring (bicyclic) bond motifs is 1. The second-order valence-corrected chi connectivity index (χ2v) is 6.67. The van der Waals surface area contributed by atoms with Gasteiger partial charge in [0.15, 0.2) is 0 Å². The second kappa shape index (κ2) is 7.07. The van der Waals surface area contributed by atoms with Crippen molar-refractivity contribution in [3.05, 3.63) is 65.2 Å². The van der Waals surface area contributed by atoms with Crippen LogP contribution in [0.25, 0.3) is 11.4 Å². The largest absolute Gasteiger partial charge is 0.348 e. The van der Waals surface area contributed by atoms with Gasteiger partial charge in [0, 0.05) is 5.56 Å². The summed E-state index contributed by atoms with van der Waals surface area (Å²) in [5, 5.41) is 15.6. The average molecular weight is 347 g/mol. The minimum Gasteiger partial charge on any atom is -0.348 e. The van der Waals surface area contributed by atoms with Crippen LogP contribution in [0.3, 0.4) is 0 Å². The summed E-state index contributed by atoms with van der Waals surface area (Å²) in [6.45, 7) is 2.07. The highest BCUT2D eigenvalue weighted by molar-refractivity contribution is 5.76. The predicted molar refractivity (Wildman–Crippen MR) is 98.3 cm³/mol. The maximum Gasteiger partial charge on any atom is 0.244 e. The van der Waals surface area contributed by atoms with Crippen LogP contribution in [-0.2, 0) is 17.8 Å². The summed E-state index contributed by atoms with van der Waals surface area (Å²) in [6.07, 6.45) is 3.12. The maximum atomic E-state index is 12.5. The summed E-state index contributed by atoms with van der Waals surface area (Å²) in [5.41, 5.74) is 4.56. The number of nitrogens with zero attached hydrogens (tertiary/aromatic N) is 4. The Hall–Kier alpha value is -3.02. The molecule has 0 radical (unpaired) electrons. The van der Waals surface area contributed by atoms with Gasteiger partial charge in [-0.05, 0) is 48.1 Å². The highest BCUT2D eigenvalue weighted by atomic mass is 16.2. The quantitative estimate of drug-likeness (QED) is 0.788. The Morgan fingerprint density at radius 3 is 2.88 bits per heavy atom. The Kier molecular flexibility index (Phi) is 4.48. The van der Waals surface area contributed by atoms with Gasteiger partial charge >= 0.3 is 0 Å². The molecule has 0 saturated carbocycles. The zero-order chi connectivity index (χ0) is 17.9. The van der Waals surface area contributed by atoms with Crippen LogP contribution in [-0.4, -0.2) is 26.1 Å². The number of rotatable bonds is 4. The van der Waals surface area contributed by atoms with Crippen molar-refractivity contribution in [1.82, 2.24) is 25.5 Å². The van der Waals surface area contributed by atoms with Crippen molar-refractivity contribution in [1.29, 1.82) is 0 Å². The molecule has 0 aliphatic heterocycles. The van der Waals surface area contributed by atoms with Gasteiger partial charge in [0.1, 0.15) is 6.54 Å². The summed E-state index contributed by atoms with van der Waals surface area (Å²) >= 11 is 0. The number of carbonyl (C=O) groups is 1. The van der Waals surface area contributed by atoms with E-state index in [1.165, 1.54) is 15.9 Å². The van der Waals surface area contributed by atoms with Gasteiger partial charge in [-0.3, -0.25) is 4.79 Å². The topological polar surface area (TPSA) is 72.7 Å². The summed E-state index contributed by atoms with van der Waals surface area (Å²) in [7, 11) is 0. The van der Waals surface area contributed by atoms with Gasteiger partial charge in [0.2, 0.25) is 11.7 Å². The molecule has 6 heteroatoms. The SMILES string of the molecule is Cc1ccccc1-c1nnn(CC(=O)N[C@@H]2CCCc3ccccc32)n1. The molecule has 0 spiro atoms. The first-order valence-corrected chi connectivity index (χ1v) is 8.91. The van der Waals surface area contributed by atoms with Crippen LogP contribution in [0.5, 0.6) is 0 Å². The molecule has 0 bridgehead atoms. The summed E-state index contributed by atoms with van der Waals surface area (Å²) in [5.74, 6) is 0.444. The molecule has 1 heterocycles. The molecule has 1 aliphatic carbocycles. The fraction of sp³-hybridized carbons (Fsp3) is 0.300. The summed E-state index contributed by atoms with van der Waals surface area (Å²) in [6, 6.07) is 16.2. The van der Waals surface area contributed by atoms with Gasteiger partial charge < -0.3 is 5.32 Å². The Morgan fingerprint density at radius 2 is 2.00 bits per heavy atom. The van der Waals surface area contributed by atoms with Gasteiger partial charge in [0.05, 0.1) is 6.04 Å². The van der Waals surface area contributed by atoms with E-state index in [1.807, 2.05) is 37.3 Å². The van der Waals surface area contributed by atoms with Crippen molar-refractivity contribution in [2.45, 2.75) is 38.8 Å². The molecule has 4 rings (SSSR count). The van der Waals surface area contributed by atoms with E-state index in [0.717, 1.165) is 30.4 Å². The third kappa shape index (κ3) is 3.35. The Bertz CT molecular complexity index is 933. The normalized spacial score (nSPS) is 16.1. The molecule has 1 amide bonds. The van der Waals surface area contributed by atoms with Crippen LogP contribution in [0, 0.1) is 6.92 Å². The fourth-order valence-corrected chi connectivity index (χ4v) is 3.51. The number of amides is 1. The minimum atomic E-state index is -0.0968.